The summed E-state index contributed by atoms with van der Waals surface area (Å²) in [6, 6.07) is 3.75. The molecule has 1 unspecified atom stereocenters. The lowest BCUT2D eigenvalue weighted by Crippen LogP contribution is -2.29. The van der Waals surface area contributed by atoms with Crippen LogP contribution in [-0.2, 0) is 6.42 Å². The van der Waals surface area contributed by atoms with E-state index in [1.54, 1.807) is 0 Å². The number of nitrogens with zero attached hydrogens (tertiary/aromatic N) is 1. The van der Waals surface area contributed by atoms with Crippen LogP contribution in [0.4, 0.5) is 8.78 Å². The summed E-state index contributed by atoms with van der Waals surface area (Å²) in [5.41, 5.74) is 0.0980. The second-order valence-corrected chi connectivity index (χ2v) is 6.50. The van der Waals surface area contributed by atoms with Crippen LogP contribution in [-0.4, -0.2) is 35.2 Å². The van der Waals surface area contributed by atoms with Crippen molar-refractivity contribution in [3.8, 4) is 0 Å². The molecule has 1 aliphatic heterocycles. The highest BCUT2D eigenvalue weighted by atomic mass is 19.1. The van der Waals surface area contributed by atoms with Crippen LogP contribution in [0.3, 0.4) is 0 Å². The summed E-state index contributed by atoms with van der Waals surface area (Å²) >= 11 is 0. The van der Waals surface area contributed by atoms with Gasteiger partial charge in [0.05, 0.1) is 5.60 Å². The lowest BCUT2D eigenvalue weighted by Gasteiger charge is -2.22. The summed E-state index contributed by atoms with van der Waals surface area (Å²) in [5, 5.41) is 9.73. The first-order chi connectivity index (χ1) is 9.32. The molecule has 1 aliphatic rings. The normalized spacial score (nSPS) is 20.6. The highest BCUT2D eigenvalue weighted by molar-refractivity contribution is 5.18. The zero-order chi connectivity index (χ0) is 14.8. The zero-order valence-corrected chi connectivity index (χ0v) is 12.2. The molecule has 0 saturated carbocycles. The van der Waals surface area contributed by atoms with Gasteiger partial charge in [-0.15, -0.1) is 0 Å². The Balaban J connectivity index is 1.84. The Labute approximate surface area is 119 Å². The van der Waals surface area contributed by atoms with Crippen molar-refractivity contribution in [2.24, 2.45) is 5.92 Å². The van der Waals surface area contributed by atoms with Crippen molar-refractivity contribution in [2.45, 2.75) is 38.7 Å². The Morgan fingerprint density at radius 2 is 1.90 bits per heavy atom. The molecule has 0 radical (unpaired) electrons. The number of likely N-dealkylation sites (tertiary alicyclic amines) is 1. The largest absolute Gasteiger partial charge is 0.390 e. The van der Waals surface area contributed by atoms with E-state index in [-0.39, 0.29) is 0 Å². The molecule has 1 N–H and O–H groups in total. The Morgan fingerprint density at radius 1 is 1.25 bits per heavy atom. The van der Waals surface area contributed by atoms with Crippen molar-refractivity contribution in [1.82, 2.24) is 4.90 Å². The van der Waals surface area contributed by atoms with Gasteiger partial charge in [-0.3, -0.25) is 0 Å². The molecule has 1 heterocycles. The van der Waals surface area contributed by atoms with Crippen LogP contribution in [0, 0.1) is 17.6 Å². The quantitative estimate of drug-likeness (QED) is 0.898. The molecule has 2 rings (SSSR count). The molecule has 4 heteroatoms. The van der Waals surface area contributed by atoms with E-state index in [0.29, 0.717) is 12.3 Å². The predicted octanol–water partition coefficient (Wildman–Crippen LogP) is 2.99. The first kappa shape index (κ1) is 15.4. The first-order valence-corrected chi connectivity index (χ1v) is 7.21. The van der Waals surface area contributed by atoms with Gasteiger partial charge in [-0.2, -0.15) is 0 Å². The number of halogens is 2. The molecule has 1 fully saturated rings. The molecular formula is C16H23F2NO. The van der Waals surface area contributed by atoms with Crippen molar-refractivity contribution in [3.63, 3.8) is 0 Å². The third kappa shape index (κ3) is 4.84. The molecule has 112 valence electrons. The van der Waals surface area contributed by atoms with E-state index in [9.17, 15) is 13.9 Å². The Kier molecular flexibility index (Phi) is 4.76. The Morgan fingerprint density at radius 3 is 2.50 bits per heavy atom. The lowest BCUT2D eigenvalue weighted by atomic mass is 9.98. The molecule has 1 atom stereocenters. The molecule has 0 aliphatic carbocycles. The maximum atomic E-state index is 13.2. The number of hydrogen-bond acceptors (Lipinski definition) is 2. The summed E-state index contributed by atoms with van der Waals surface area (Å²) < 4.78 is 26.3. The summed E-state index contributed by atoms with van der Waals surface area (Å²) in [6.07, 6.45) is 2.51. The molecule has 20 heavy (non-hydrogen) atoms. The third-order valence-corrected chi connectivity index (χ3v) is 3.86. The Hall–Kier alpha value is -1.00. The van der Waals surface area contributed by atoms with Crippen LogP contribution >= 0.6 is 0 Å². The summed E-state index contributed by atoms with van der Waals surface area (Å²) in [4.78, 5) is 2.32. The molecular weight excluding hydrogens is 260 g/mol. The fourth-order valence-electron chi connectivity index (χ4n) is 2.78. The molecule has 2 nitrogen and oxygen atoms in total. The second kappa shape index (κ2) is 6.19. The van der Waals surface area contributed by atoms with Gasteiger partial charge in [0.1, 0.15) is 11.6 Å². The van der Waals surface area contributed by atoms with Crippen LogP contribution in [0.5, 0.6) is 0 Å². The lowest BCUT2D eigenvalue weighted by molar-refractivity contribution is 0.0601. The minimum absolute atomic E-state index is 0.443. The molecule has 0 spiro atoms. The Bertz CT molecular complexity index is 436. The molecule has 0 aromatic heterocycles. The summed E-state index contributed by atoms with van der Waals surface area (Å²) in [5.74, 6) is -0.563. The summed E-state index contributed by atoms with van der Waals surface area (Å²) in [7, 11) is 0. The van der Waals surface area contributed by atoms with E-state index in [2.05, 4.69) is 4.90 Å². The van der Waals surface area contributed by atoms with Crippen LogP contribution in [0.15, 0.2) is 18.2 Å². The van der Waals surface area contributed by atoms with Crippen LogP contribution in [0.25, 0.3) is 0 Å². The van der Waals surface area contributed by atoms with E-state index >= 15 is 0 Å². The SMILES string of the molecule is CC(C)(O)CCN1CCC(Cc2cc(F)cc(F)c2)C1. The number of aliphatic hydroxyl groups is 1. The van der Waals surface area contributed by atoms with Crippen LogP contribution in [0.1, 0.15) is 32.3 Å². The number of hydrogen-bond donors (Lipinski definition) is 1. The average Bonchev–Trinajstić information content (AvgIpc) is 2.72. The minimum Gasteiger partial charge on any atom is -0.390 e. The molecule has 0 amide bonds. The third-order valence-electron chi connectivity index (χ3n) is 3.86. The molecule has 1 aromatic rings. The van der Waals surface area contributed by atoms with Gasteiger partial charge in [-0.1, -0.05) is 0 Å². The van der Waals surface area contributed by atoms with E-state index < -0.39 is 17.2 Å². The predicted molar refractivity (Wildman–Crippen MR) is 75.5 cm³/mol. The topological polar surface area (TPSA) is 23.5 Å². The van der Waals surface area contributed by atoms with Gasteiger partial charge in [-0.05, 0) is 63.3 Å². The van der Waals surface area contributed by atoms with Crippen molar-refractivity contribution >= 4 is 0 Å². The van der Waals surface area contributed by atoms with Gasteiger partial charge in [0.2, 0.25) is 0 Å². The monoisotopic (exact) mass is 283 g/mol. The van der Waals surface area contributed by atoms with Crippen LogP contribution < -0.4 is 0 Å². The van der Waals surface area contributed by atoms with Gasteiger partial charge in [-0.25, -0.2) is 8.78 Å². The number of rotatable bonds is 5. The van der Waals surface area contributed by atoms with E-state index in [0.717, 1.165) is 44.1 Å². The highest BCUT2D eigenvalue weighted by Gasteiger charge is 2.24. The van der Waals surface area contributed by atoms with E-state index in [1.807, 2.05) is 13.8 Å². The smallest absolute Gasteiger partial charge is 0.126 e. The van der Waals surface area contributed by atoms with Gasteiger partial charge in [0.25, 0.3) is 0 Å². The van der Waals surface area contributed by atoms with Gasteiger partial charge >= 0.3 is 0 Å². The van der Waals surface area contributed by atoms with Gasteiger partial charge in [0.15, 0.2) is 0 Å². The first-order valence-electron chi connectivity index (χ1n) is 7.21. The van der Waals surface area contributed by atoms with Crippen molar-refractivity contribution in [2.75, 3.05) is 19.6 Å². The minimum atomic E-state index is -0.635. The standard InChI is InChI=1S/C16H23F2NO/c1-16(2,20)4-6-19-5-3-12(11-19)7-13-8-14(17)10-15(18)9-13/h8-10,12,20H,3-7,11H2,1-2H3. The van der Waals surface area contributed by atoms with E-state index in [1.165, 1.54) is 12.1 Å². The zero-order valence-electron chi connectivity index (χ0n) is 12.2. The van der Waals surface area contributed by atoms with Crippen molar-refractivity contribution in [3.05, 3.63) is 35.4 Å². The highest BCUT2D eigenvalue weighted by Crippen LogP contribution is 2.23. The van der Waals surface area contributed by atoms with Gasteiger partial charge < -0.3 is 10.0 Å². The summed E-state index contributed by atoms with van der Waals surface area (Å²) in [6.45, 7) is 6.44. The van der Waals surface area contributed by atoms with Crippen molar-refractivity contribution < 1.29 is 13.9 Å². The molecule has 1 aromatic carbocycles. The van der Waals surface area contributed by atoms with Gasteiger partial charge in [0, 0.05) is 19.2 Å². The average molecular weight is 283 g/mol. The fraction of sp³-hybridized carbons (Fsp3) is 0.625. The van der Waals surface area contributed by atoms with E-state index in [4.69, 9.17) is 0 Å². The number of benzene rings is 1. The maximum absolute atomic E-state index is 13.2. The van der Waals surface area contributed by atoms with Crippen molar-refractivity contribution in [1.29, 1.82) is 0 Å². The second-order valence-electron chi connectivity index (χ2n) is 6.50. The maximum Gasteiger partial charge on any atom is 0.126 e. The van der Waals surface area contributed by atoms with Crippen LogP contribution in [0.2, 0.25) is 0 Å². The molecule has 1 saturated heterocycles. The fourth-order valence-corrected chi connectivity index (χ4v) is 2.78. The molecule has 0 bridgehead atoms.